The van der Waals surface area contributed by atoms with Crippen molar-refractivity contribution in [1.29, 1.82) is 0 Å². The van der Waals surface area contributed by atoms with Crippen molar-refractivity contribution in [3.05, 3.63) is 11.6 Å². The van der Waals surface area contributed by atoms with E-state index in [0.717, 1.165) is 26.2 Å². The van der Waals surface area contributed by atoms with E-state index < -0.39 is 23.7 Å². The Morgan fingerprint density at radius 3 is 2.44 bits per heavy atom. The fourth-order valence-corrected chi connectivity index (χ4v) is 4.57. The van der Waals surface area contributed by atoms with Crippen LogP contribution in [0.4, 0.5) is 13.2 Å². The van der Waals surface area contributed by atoms with Gasteiger partial charge in [0, 0.05) is 5.92 Å². The molecule has 0 saturated heterocycles. The summed E-state index contributed by atoms with van der Waals surface area (Å²) < 4.78 is 45.8. The van der Waals surface area contributed by atoms with Gasteiger partial charge in [0.25, 0.3) is 0 Å². The van der Waals surface area contributed by atoms with E-state index in [9.17, 15) is 18.0 Å². The van der Waals surface area contributed by atoms with Gasteiger partial charge in [0.15, 0.2) is 5.41 Å². The van der Waals surface area contributed by atoms with Crippen LogP contribution in [0.3, 0.4) is 0 Å². The molecule has 6 atom stereocenters. The van der Waals surface area contributed by atoms with Crippen LogP contribution < -0.4 is 0 Å². The summed E-state index contributed by atoms with van der Waals surface area (Å²) in [5.74, 6) is 0.0528. The lowest BCUT2D eigenvalue weighted by molar-refractivity contribution is -0.235. The zero-order chi connectivity index (χ0) is 19.0. The van der Waals surface area contributed by atoms with Crippen LogP contribution in [0.2, 0.25) is 0 Å². The summed E-state index contributed by atoms with van der Waals surface area (Å²) in [4.78, 5) is 12.5. The molecular formula is C20H31F3O2. The van der Waals surface area contributed by atoms with E-state index in [1.807, 2.05) is 6.92 Å². The number of carbonyl (C=O) groups is 1. The first-order chi connectivity index (χ1) is 11.5. The molecule has 0 heterocycles. The second-order valence-corrected chi connectivity index (χ2v) is 8.20. The van der Waals surface area contributed by atoms with Crippen LogP contribution in [0.1, 0.15) is 66.7 Å². The first kappa shape index (κ1) is 20.3. The zero-order valence-corrected chi connectivity index (χ0v) is 16.0. The minimum absolute atomic E-state index is 0.0724. The molecule has 0 bridgehead atoms. The lowest BCUT2D eigenvalue weighted by Gasteiger charge is -2.46. The summed E-state index contributed by atoms with van der Waals surface area (Å²) >= 11 is 0. The summed E-state index contributed by atoms with van der Waals surface area (Å²) in [6.45, 7) is 8.71. The number of rotatable bonds is 4. The second kappa shape index (κ2) is 7.32. The zero-order valence-electron chi connectivity index (χ0n) is 16.0. The van der Waals surface area contributed by atoms with E-state index in [1.165, 1.54) is 12.5 Å². The Hall–Kier alpha value is -1.00. The van der Waals surface area contributed by atoms with Crippen LogP contribution in [-0.4, -0.2) is 18.2 Å². The first-order valence-corrected chi connectivity index (χ1v) is 9.53. The van der Waals surface area contributed by atoms with Gasteiger partial charge >= 0.3 is 12.1 Å². The number of alkyl halides is 3. The molecule has 0 amide bonds. The van der Waals surface area contributed by atoms with Crippen molar-refractivity contribution in [3.63, 3.8) is 0 Å². The Morgan fingerprint density at radius 2 is 1.92 bits per heavy atom. The highest BCUT2D eigenvalue weighted by molar-refractivity contribution is 5.77. The van der Waals surface area contributed by atoms with Crippen LogP contribution in [-0.2, 0) is 9.53 Å². The van der Waals surface area contributed by atoms with E-state index >= 15 is 0 Å². The topological polar surface area (TPSA) is 26.3 Å². The second-order valence-electron chi connectivity index (χ2n) is 8.20. The van der Waals surface area contributed by atoms with Gasteiger partial charge in [0.1, 0.15) is 6.10 Å². The van der Waals surface area contributed by atoms with Crippen LogP contribution >= 0.6 is 0 Å². The molecule has 25 heavy (non-hydrogen) atoms. The van der Waals surface area contributed by atoms with Crippen molar-refractivity contribution >= 4 is 5.97 Å². The summed E-state index contributed by atoms with van der Waals surface area (Å²) in [7, 11) is 0. The molecule has 5 heteroatoms. The number of hydrogen-bond donors (Lipinski definition) is 0. The average Bonchev–Trinajstić information content (AvgIpc) is 2.53. The minimum Gasteiger partial charge on any atom is -0.461 e. The minimum atomic E-state index is -4.60. The summed E-state index contributed by atoms with van der Waals surface area (Å²) in [5, 5.41) is 0. The molecule has 0 aromatic carbocycles. The molecule has 2 nitrogen and oxygen atoms in total. The largest absolute Gasteiger partial charge is 0.461 e. The maximum Gasteiger partial charge on any atom is 0.404 e. The molecular weight excluding hydrogens is 329 g/mol. The van der Waals surface area contributed by atoms with Crippen LogP contribution in [0.25, 0.3) is 0 Å². The number of esters is 1. The van der Waals surface area contributed by atoms with Gasteiger partial charge in [-0.3, -0.25) is 4.79 Å². The number of allylic oxidation sites excluding steroid dienone is 1. The Balaban J connectivity index is 2.28. The Bertz CT molecular complexity index is 526. The fourth-order valence-electron chi connectivity index (χ4n) is 4.57. The molecule has 0 aliphatic heterocycles. The summed E-state index contributed by atoms with van der Waals surface area (Å²) in [5.41, 5.74) is -1.15. The lowest BCUT2D eigenvalue weighted by atomic mass is 9.63. The first-order valence-electron chi connectivity index (χ1n) is 9.53. The maximum absolute atomic E-state index is 13.4. The van der Waals surface area contributed by atoms with Crippen molar-refractivity contribution in [2.24, 2.45) is 29.1 Å². The number of fused-ring (bicyclic) bond motifs is 1. The standard InChI is InChI=1S/C20H31F3O2/c1-6-15-13(4)8-9-14-10-12(3)11-16(17(14)15)25-18(24)19(5,7-2)20(21,22)23/h10,12-13,15-17H,6-9,11H2,1-5H3/t12-,13?,15?,16-,17?,19?/m0/s1. The molecule has 0 radical (unpaired) electrons. The molecule has 0 aromatic rings. The molecule has 144 valence electrons. The molecule has 2 rings (SSSR count). The third kappa shape index (κ3) is 3.75. The summed E-state index contributed by atoms with van der Waals surface area (Å²) in [6.07, 6.45) is 0.543. The van der Waals surface area contributed by atoms with Gasteiger partial charge in [0.2, 0.25) is 0 Å². The monoisotopic (exact) mass is 360 g/mol. The smallest absolute Gasteiger partial charge is 0.404 e. The van der Waals surface area contributed by atoms with E-state index in [0.29, 0.717) is 18.3 Å². The van der Waals surface area contributed by atoms with Crippen molar-refractivity contribution < 1.29 is 22.7 Å². The molecule has 1 saturated carbocycles. The molecule has 0 spiro atoms. The van der Waals surface area contributed by atoms with Gasteiger partial charge in [-0.1, -0.05) is 45.8 Å². The number of carbonyl (C=O) groups excluding carboxylic acids is 1. The van der Waals surface area contributed by atoms with Crippen molar-refractivity contribution in [1.82, 2.24) is 0 Å². The number of halogens is 3. The van der Waals surface area contributed by atoms with Crippen molar-refractivity contribution in [2.75, 3.05) is 0 Å². The molecule has 0 aromatic heterocycles. The Morgan fingerprint density at radius 1 is 1.28 bits per heavy atom. The lowest BCUT2D eigenvalue weighted by Crippen LogP contribution is -2.48. The molecule has 2 aliphatic carbocycles. The van der Waals surface area contributed by atoms with Gasteiger partial charge in [-0.25, -0.2) is 0 Å². The normalized spacial score (nSPS) is 35.4. The number of ether oxygens (including phenoxy) is 1. The van der Waals surface area contributed by atoms with Gasteiger partial charge in [-0.15, -0.1) is 0 Å². The van der Waals surface area contributed by atoms with Crippen LogP contribution in [0.15, 0.2) is 11.6 Å². The van der Waals surface area contributed by atoms with Crippen molar-refractivity contribution in [2.45, 2.75) is 79.0 Å². The van der Waals surface area contributed by atoms with E-state index in [2.05, 4.69) is 19.9 Å². The van der Waals surface area contributed by atoms with E-state index in [1.54, 1.807) is 0 Å². The van der Waals surface area contributed by atoms with E-state index in [4.69, 9.17) is 4.74 Å². The Labute approximate surface area is 149 Å². The van der Waals surface area contributed by atoms with Gasteiger partial charge < -0.3 is 4.74 Å². The van der Waals surface area contributed by atoms with E-state index in [-0.39, 0.29) is 18.3 Å². The predicted octanol–water partition coefficient (Wildman–Crippen LogP) is 5.92. The summed E-state index contributed by atoms with van der Waals surface area (Å²) in [6, 6.07) is 0. The quantitative estimate of drug-likeness (QED) is 0.460. The highest BCUT2D eigenvalue weighted by Crippen LogP contribution is 2.48. The number of hydrogen-bond acceptors (Lipinski definition) is 2. The van der Waals surface area contributed by atoms with Crippen LogP contribution in [0, 0.1) is 29.1 Å². The molecule has 0 N–H and O–H groups in total. The molecule has 1 fully saturated rings. The Kier molecular flexibility index (Phi) is 5.95. The van der Waals surface area contributed by atoms with Crippen molar-refractivity contribution in [3.8, 4) is 0 Å². The van der Waals surface area contributed by atoms with Gasteiger partial charge in [0.05, 0.1) is 0 Å². The fraction of sp³-hybridized carbons (Fsp3) is 0.850. The predicted molar refractivity (Wildman–Crippen MR) is 91.9 cm³/mol. The highest BCUT2D eigenvalue weighted by Gasteiger charge is 2.57. The SMILES string of the molecule is CCC1C(C)CCC2=C[C@H](C)C[C@H](OC(=O)C(C)(CC)C(F)(F)F)C21. The highest BCUT2D eigenvalue weighted by atomic mass is 19.4. The van der Waals surface area contributed by atoms with Gasteiger partial charge in [-0.05, 0) is 50.4 Å². The maximum atomic E-state index is 13.4. The average molecular weight is 360 g/mol. The van der Waals surface area contributed by atoms with Gasteiger partial charge in [-0.2, -0.15) is 13.2 Å². The third-order valence-electron chi connectivity index (χ3n) is 6.53. The third-order valence-corrected chi connectivity index (χ3v) is 6.53. The molecule has 4 unspecified atom stereocenters. The molecule has 2 aliphatic rings. The van der Waals surface area contributed by atoms with Crippen LogP contribution in [0.5, 0.6) is 0 Å².